The fraction of sp³-hybridized carbons (Fsp3) is 0.923. The van der Waals surface area contributed by atoms with E-state index in [1.165, 1.54) is 6.26 Å². The first kappa shape index (κ1) is 19.7. The second kappa shape index (κ2) is 8.85. The van der Waals surface area contributed by atoms with Crippen molar-refractivity contribution in [1.29, 1.82) is 0 Å². The molecule has 7 heteroatoms. The van der Waals surface area contributed by atoms with Crippen molar-refractivity contribution in [2.24, 2.45) is 11.8 Å². The number of sulfone groups is 1. The van der Waals surface area contributed by atoms with Gasteiger partial charge in [-0.25, -0.2) is 8.42 Å². The molecule has 1 saturated heterocycles. The van der Waals surface area contributed by atoms with Crippen LogP contribution in [0.1, 0.15) is 33.1 Å². The highest BCUT2D eigenvalue weighted by Gasteiger charge is 2.22. The van der Waals surface area contributed by atoms with Crippen LogP contribution in [0.25, 0.3) is 0 Å². The number of rotatable bonds is 6. The number of amides is 1. The van der Waals surface area contributed by atoms with Gasteiger partial charge < -0.3 is 10.6 Å². The SMILES string of the molecule is CC(CS(C)(=O)=O)NC(=O)CC(C)C1CCNCC1.Cl. The minimum Gasteiger partial charge on any atom is -0.353 e. The van der Waals surface area contributed by atoms with Crippen molar-refractivity contribution in [3.63, 3.8) is 0 Å². The van der Waals surface area contributed by atoms with E-state index in [4.69, 9.17) is 0 Å². The van der Waals surface area contributed by atoms with E-state index in [1.54, 1.807) is 6.92 Å². The summed E-state index contributed by atoms with van der Waals surface area (Å²) in [5, 5.41) is 6.09. The lowest BCUT2D eigenvalue weighted by Gasteiger charge is -2.28. The van der Waals surface area contributed by atoms with Crippen molar-refractivity contribution in [2.75, 3.05) is 25.1 Å². The maximum Gasteiger partial charge on any atom is 0.220 e. The van der Waals surface area contributed by atoms with Gasteiger partial charge in [-0.3, -0.25) is 4.79 Å². The van der Waals surface area contributed by atoms with E-state index >= 15 is 0 Å². The van der Waals surface area contributed by atoms with Crippen LogP contribution in [-0.4, -0.2) is 45.5 Å². The number of nitrogens with one attached hydrogen (secondary N) is 2. The molecule has 0 aromatic carbocycles. The van der Waals surface area contributed by atoms with Gasteiger partial charge in [-0.2, -0.15) is 0 Å². The fourth-order valence-electron chi connectivity index (χ4n) is 2.70. The molecule has 0 aromatic heterocycles. The molecule has 1 amide bonds. The zero-order valence-electron chi connectivity index (χ0n) is 12.5. The first-order chi connectivity index (χ1) is 8.78. The Morgan fingerprint density at radius 2 is 1.85 bits per heavy atom. The van der Waals surface area contributed by atoms with Gasteiger partial charge in [-0.15, -0.1) is 12.4 Å². The Balaban J connectivity index is 0.00000361. The van der Waals surface area contributed by atoms with Crippen LogP contribution in [0.15, 0.2) is 0 Å². The van der Waals surface area contributed by atoms with Crippen molar-refractivity contribution in [3.05, 3.63) is 0 Å². The number of halogens is 1. The molecule has 5 nitrogen and oxygen atoms in total. The van der Waals surface area contributed by atoms with Crippen LogP contribution < -0.4 is 10.6 Å². The van der Waals surface area contributed by atoms with E-state index in [0.29, 0.717) is 18.3 Å². The molecule has 0 aromatic rings. The van der Waals surface area contributed by atoms with Crippen LogP contribution in [0.5, 0.6) is 0 Å². The monoisotopic (exact) mass is 326 g/mol. The zero-order valence-corrected chi connectivity index (χ0v) is 14.1. The number of hydrogen-bond donors (Lipinski definition) is 2. The van der Waals surface area contributed by atoms with E-state index in [0.717, 1.165) is 25.9 Å². The smallest absolute Gasteiger partial charge is 0.220 e. The Labute approximate surface area is 128 Å². The number of hydrogen-bond acceptors (Lipinski definition) is 4. The molecule has 1 aliphatic heterocycles. The topological polar surface area (TPSA) is 75.3 Å². The summed E-state index contributed by atoms with van der Waals surface area (Å²) < 4.78 is 22.3. The Kier molecular flexibility index (Phi) is 8.70. The predicted octanol–water partition coefficient (Wildman–Crippen LogP) is 0.983. The maximum atomic E-state index is 11.9. The lowest BCUT2D eigenvalue weighted by atomic mass is 9.84. The van der Waals surface area contributed by atoms with Crippen molar-refractivity contribution in [1.82, 2.24) is 10.6 Å². The van der Waals surface area contributed by atoms with Gasteiger partial charge in [-0.05, 0) is 44.7 Å². The van der Waals surface area contributed by atoms with Crippen LogP contribution in [-0.2, 0) is 14.6 Å². The summed E-state index contributed by atoms with van der Waals surface area (Å²) in [7, 11) is -3.04. The molecule has 0 saturated carbocycles. The van der Waals surface area contributed by atoms with Crippen molar-refractivity contribution < 1.29 is 13.2 Å². The van der Waals surface area contributed by atoms with Gasteiger partial charge in [0.05, 0.1) is 5.75 Å². The van der Waals surface area contributed by atoms with Crippen LogP contribution in [0.3, 0.4) is 0 Å². The van der Waals surface area contributed by atoms with Crippen molar-refractivity contribution in [3.8, 4) is 0 Å². The number of carbonyl (C=O) groups excluding carboxylic acids is 1. The average molecular weight is 327 g/mol. The molecule has 0 aliphatic carbocycles. The summed E-state index contributed by atoms with van der Waals surface area (Å²) in [5.41, 5.74) is 0. The molecule has 0 bridgehead atoms. The Hall–Kier alpha value is -0.330. The summed E-state index contributed by atoms with van der Waals surface area (Å²) in [4.78, 5) is 11.9. The van der Waals surface area contributed by atoms with Crippen LogP contribution in [0.4, 0.5) is 0 Å². The molecule has 1 fully saturated rings. The summed E-state index contributed by atoms with van der Waals surface area (Å²) >= 11 is 0. The zero-order chi connectivity index (χ0) is 14.5. The molecule has 1 aliphatic rings. The summed E-state index contributed by atoms with van der Waals surface area (Å²) in [5.74, 6) is 0.910. The molecule has 1 heterocycles. The predicted molar refractivity (Wildman–Crippen MR) is 83.9 cm³/mol. The molecule has 0 spiro atoms. The minimum atomic E-state index is -3.04. The first-order valence-electron chi connectivity index (χ1n) is 6.95. The Morgan fingerprint density at radius 3 is 2.35 bits per heavy atom. The highest BCUT2D eigenvalue weighted by atomic mass is 35.5. The van der Waals surface area contributed by atoms with Gasteiger partial charge in [0.25, 0.3) is 0 Å². The third kappa shape index (κ3) is 8.07. The Morgan fingerprint density at radius 1 is 1.30 bits per heavy atom. The first-order valence-corrected chi connectivity index (χ1v) is 9.02. The van der Waals surface area contributed by atoms with Gasteiger partial charge in [0, 0.05) is 18.7 Å². The molecule has 2 unspecified atom stereocenters. The number of piperidine rings is 1. The van der Waals surface area contributed by atoms with Crippen LogP contribution >= 0.6 is 12.4 Å². The van der Waals surface area contributed by atoms with Gasteiger partial charge in [0.15, 0.2) is 0 Å². The van der Waals surface area contributed by atoms with Gasteiger partial charge in [0.1, 0.15) is 9.84 Å². The Bertz CT molecular complexity index is 394. The molecule has 120 valence electrons. The van der Waals surface area contributed by atoms with E-state index in [9.17, 15) is 13.2 Å². The highest BCUT2D eigenvalue weighted by molar-refractivity contribution is 7.90. The summed E-state index contributed by atoms with van der Waals surface area (Å²) in [6.45, 7) is 5.90. The van der Waals surface area contributed by atoms with Crippen molar-refractivity contribution >= 4 is 28.2 Å². The molecule has 2 N–H and O–H groups in total. The second-order valence-corrected chi connectivity index (χ2v) is 8.01. The van der Waals surface area contributed by atoms with Gasteiger partial charge in [0.2, 0.25) is 5.91 Å². The lowest BCUT2D eigenvalue weighted by molar-refractivity contribution is -0.122. The van der Waals surface area contributed by atoms with E-state index < -0.39 is 9.84 Å². The fourth-order valence-corrected chi connectivity index (χ4v) is 3.69. The minimum absolute atomic E-state index is 0. The standard InChI is InChI=1S/C13H26N2O3S.ClH/c1-10(12-4-6-14-7-5-12)8-13(16)15-11(2)9-19(3,17)18;/h10-12,14H,4-9H2,1-3H3,(H,15,16);1H. The normalized spacial score (nSPS) is 19.8. The number of carbonyl (C=O) groups is 1. The summed E-state index contributed by atoms with van der Waals surface area (Å²) in [6, 6.07) is -0.317. The third-order valence-corrected chi connectivity index (χ3v) is 4.76. The lowest BCUT2D eigenvalue weighted by Crippen LogP contribution is -2.39. The molecule has 20 heavy (non-hydrogen) atoms. The quantitative estimate of drug-likeness (QED) is 0.763. The van der Waals surface area contributed by atoms with E-state index in [-0.39, 0.29) is 30.1 Å². The van der Waals surface area contributed by atoms with E-state index in [1.807, 2.05) is 0 Å². The third-order valence-electron chi connectivity index (χ3n) is 3.66. The highest BCUT2D eigenvalue weighted by Crippen LogP contribution is 2.24. The van der Waals surface area contributed by atoms with Crippen molar-refractivity contribution in [2.45, 2.75) is 39.2 Å². The van der Waals surface area contributed by atoms with E-state index in [2.05, 4.69) is 17.6 Å². The maximum absolute atomic E-state index is 11.9. The second-order valence-electron chi connectivity index (χ2n) is 5.83. The van der Waals surface area contributed by atoms with Gasteiger partial charge >= 0.3 is 0 Å². The van der Waals surface area contributed by atoms with Crippen LogP contribution in [0.2, 0.25) is 0 Å². The molecular formula is C13H27ClN2O3S. The van der Waals surface area contributed by atoms with Gasteiger partial charge in [-0.1, -0.05) is 6.92 Å². The molecule has 1 rings (SSSR count). The average Bonchev–Trinajstić information content (AvgIpc) is 2.27. The molecular weight excluding hydrogens is 300 g/mol. The molecule has 2 atom stereocenters. The summed E-state index contributed by atoms with van der Waals surface area (Å²) in [6.07, 6.45) is 3.91. The largest absolute Gasteiger partial charge is 0.353 e. The van der Waals surface area contributed by atoms with Crippen LogP contribution in [0, 0.1) is 11.8 Å². The molecule has 0 radical (unpaired) electrons.